The topological polar surface area (TPSA) is 35.6 Å². The first-order valence-corrected chi connectivity index (χ1v) is 7.28. The van der Waals surface area contributed by atoms with Crippen LogP contribution in [0.4, 0.5) is 5.69 Å². The maximum atomic E-state index is 12.1. The van der Waals surface area contributed by atoms with Crippen LogP contribution in [0, 0.1) is 0 Å². The fourth-order valence-corrected chi connectivity index (χ4v) is 2.31. The van der Waals surface area contributed by atoms with Crippen molar-refractivity contribution in [3.8, 4) is 0 Å². The Morgan fingerprint density at radius 3 is 2.25 bits per heavy atom. The zero-order chi connectivity index (χ0) is 14.6. The van der Waals surface area contributed by atoms with Crippen molar-refractivity contribution in [1.29, 1.82) is 0 Å². The fourth-order valence-electron chi connectivity index (χ4n) is 2.31. The van der Waals surface area contributed by atoms with E-state index in [0.29, 0.717) is 6.54 Å². The van der Waals surface area contributed by atoms with Gasteiger partial charge in [0.1, 0.15) is 0 Å². The number of piperazine rings is 1. The number of hydrogen-bond acceptors (Lipinski definition) is 3. The van der Waals surface area contributed by atoms with E-state index in [2.05, 4.69) is 55.3 Å². The summed E-state index contributed by atoms with van der Waals surface area (Å²) in [4.78, 5) is 16.4. The average molecular weight is 275 g/mol. The van der Waals surface area contributed by atoms with Gasteiger partial charge in [-0.3, -0.25) is 4.79 Å². The van der Waals surface area contributed by atoms with E-state index in [-0.39, 0.29) is 11.4 Å². The van der Waals surface area contributed by atoms with Crippen LogP contribution in [-0.4, -0.2) is 49.1 Å². The highest BCUT2D eigenvalue weighted by molar-refractivity contribution is 5.78. The molecule has 1 aromatic rings. The molecule has 1 heterocycles. The van der Waals surface area contributed by atoms with Gasteiger partial charge in [-0.05, 0) is 32.9 Å². The number of hydrogen-bond donors (Lipinski definition) is 1. The first kappa shape index (κ1) is 14.9. The van der Waals surface area contributed by atoms with E-state index in [1.54, 1.807) is 0 Å². The van der Waals surface area contributed by atoms with Crippen LogP contribution in [0.15, 0.2) is 30.3 Å². The number of anilines is 1. The summed E-state index contributed by atoms with van der Waals surface area (Å²) in [5.41, 5.74) is 1.23. The molecule has 20 heavy (non-hydrogen) atoms. The molecule has 0 atom stereocenters. The molecule has 1 aromatic carbocycles. The molecule has 0 unspecified atom stereocenters. The molecule has 0 saturated carbocycles. The third-order valence-electron chi connectivity index (χ3n) is 3.52. The molecule has 0 radical (unpaired) electrons. The van der Waals surface area contributed by atoms with Crippen molar-refractivity contribution in [2.24, 2.45) is 0 Å². The van der Waals surface area contributed by atoms with Gasteiger partial charge >= 0.3 is 0 Å². The zero-order valence-corrected chi connectivity index (χ0v) is 12.7. The minimum atomic E-state index is -0.0124. The smallest absolute Gasteiger partial charge is 0.236 e. The molecule has 4 nitrogen and oxygen atoms in total. The molecule has 2 rings (SSSR count). The lowest BCUT2D eigenvalue weighted by atomic mass is 10.1. The number of carbonyl (C=O) groups excluding carboxylic acids is 1. The summed E-state index contributed by atoms with van der Waals surface area (Å²) in [5, 5.41) is 3.26. The highest BCUT2D eigenvalue weighted by Crippen LogP contribution is 2.15. The van der Waals surface area contributed by atoms with Crippen molar-refractivity contribution in [3.05, 3.63) is 30.3 Å². The third kappa shape index (κ3) is 4.23. The number of carbonyl (C=O) groups is 1. The quantitative estimate of drug-likeness (QED) is 0.912. The molecule has 1 aliphatic rings. The zero-order valence-electron chi connectivity index (χ0n) is 12.7. The molecule has 1 aliphatic heterocycles. The van der Waals surface area contributed by atoms with E-state index in [1.807, 2.05) is 11.0 Å². The first-order valence-electron chi connectivity index (χ1n) is 7.28. The normalized spacial score (nSPS) is 16.4. The predicted molar refractivity (Wildman–Crippen MR) is 83.0 cm³/mol. The summed E-state index contributed by atoms with van der Waals surface area (Å²) < 4.78 is 0. The number of nitrogens with one attached hydrogen (secondary N) is 1. The highest BCUT2D eigenvalue weighted by Gasteiger charge is 2.22. The summed E-state index contributed by atoms with van der Waals surface area (Å²) in [6, 6.07) is 10.4. The minimum absolute atomic E-state index is 0.0124. The lowest BCUT2D eigenvalue weighted by Crippen LogP contribution is -2.52. The summed E-state index contributed by atoms with van der Waals surface area (Å²) >= 11 is 0. The van der Waals surface area contributed by atoms with Crippen molar-refractivity contribution in [1.82, 2.24) is 10.2 Å². The van der Waals surface area contributed by atoms with Gasteiger partial charge in [-0.15, -0.1) is 0 Å². The van der Waals surface area contributed by atoms with Gasteiger partial charge in [-0.25, -0.2) is 0 Å². The Labute approximate surface area is 121 Å². The Balaban J connectivity index is 1.81. The Morgan fingerprint density at radius 2 is 1.70 bits per heavy atom. The predicted octanol–water partition coefficient (Wildman–Crippen LogP) is 1.72. The van der Waals surface area contributed by atoms with Crippen molar-refractivity contribution < 1.29 is 4.79 Å². The van der Waals surface area contributed by atoms with E-state index in [9.17, 15) is 4.79 Å². The van der Waals surface area contributed by atoms with Crippen molar-refractivity contribution in [3.63, 3.8) is 0 Å². The van der Waals surface area contributed by atoms with Crippen LogP contribution < -0.4 is 10.2 Å². The Hall–Kier alpha value is -1.55. The Bertz CT molecular complexity index is 431. The molecule has 1 fully saturated rings. The van der Waals surface area contributed by atoms with Crippen LogP contribution in [0.3, 0.4) is 0 Å². The Morgan fingerprint density at radius 1 is 1.10 bits per heavy atom. The number of rotatable bonds is 3. The monoisotopic (exact) mass is 275 g/mol. The molecule has 1 amide bonds. The molecule has 1 saturated heterocycles. The number of amides is 1. The summed E-state index contributed by atoms with van der Waals surface area (Å²) in [6.45, 7) is 10.1. The molecule has 110 valence electrons. The van der Waals surface area contributed by atoms with Gasteiger partial charge in [0.15, 0.2) is 0 Å². The van der Waals surface area contributed by atoms with Crippen molar-refractivity contribution in [2.75, 3.05) is 37.6 Å². The number of nitrogens with zero attached hydrogens (tertiary/aromatic N) is 2. The largest absolute Gasteiger partial charge is 0.368 e. The van der Waals surface area contributed by atoms with Gasteiger partial charge in [0.2, 0.25) is 5.91 Å². The van der Waals surface area contributed by atoms with Gasteiger partial charge in [0.25, 0.3) is 0 Å². The van der Waals surface area contributed by atoms with Crippen LogP contribution in [-0.2, 0) is 4.79 Å². The van der Waals surface area contributed by atoms with Crippen LogP contribution in [0.1, 0.15) is 20.8 Å². The fraction of sp³-hybridized carbons (Fsp3) is 0.562. The SMILES string of the molecule is CC(C)(C)NCC(=O)N1CCN(c2ccccc2)CC1. The van der Waals surface area contributed by atoms with Crippen LogP contribution in [0.5, 0.6) is 0 Å². The molecule has 0 bridgehead atoms. The number of benzene rings is 1. The van der Waals surface area contributed by atoms with Crippen LogP contribution in [0.2, 0.25) is 0 Å². The highest BCUT2D eigenvalue weighted by atomic mass is 16.2. The second-order valence-electron chi connectivity index (χ2n) is 6.31. The van der Waals surface area contributed by atoms with Gasteiger partial charge in [-0.2, -0.15) is 0 Å². The minimum Gasteiger partial charge on any atom is -0.368 e. The van der Waals surface area contributed by atoms with Crippen LogP contribution >= 0.6 is 0 Å². The standard InChI is InChI=1S/C16H25N3O/c1-16(2,3)17-13-15(20)19-11-9-18(10-12-19)14-7-5-4-6-8-14/h4-8,17H,9-13H2,1-3H3. The van der Waals surface area contributed by atoms with Gasteiger partial charge < -0.3 is 15.1 Å². The molecule has 0 aliphatic carbocycles. The van der Waals surface area contributed by atoms with E-state index in [1.165, 1.54) is 5.69 Å². The Kier molecular flexibility index (Phi) is 4.65. The summed E-state index contributed by atoms with van der Waals surface area (Å²) in [7, 11) is 0. The maximum Gasteiger partial charge on any atom is 0.236 e. The number of para-hydroxylation sites is 1. The second-order valence-corrected chi connectivity index (χ2v) is 6.31. The third-order valence-corrected chi connectivity index (χ3v) is 3.52. The molecular weight excluding hydrogens is 250 g/mol. The van der Waals surface area contributed by atoms with Gasteiger partial charge in [-0.1, -0.05) is 18.2 Å². The first-order chi connectivity index (χ1) is 9.46. The lowest BCUT2D eigenvalue weighted by Gasteiger charge is -2.36. The maximum absolute atomic E-state index is 12.1. The summed E-state index contributed by atoms with van der Waals surface area (Å²) in [6.07, 6.45) is 0. The van der Waals surface area contributed by atoms with Crippen molar-refractivity contribution in [2.45, 2.75) is 26.3 Å². The van der Waals surface area contributed by atoms with Gasteiger partial charge in [0.05, 0.1) is 6.54 Å². The lowest BCUT2D eigenvalue weighted by molar-refractivity contribution is -0.130. The van der Waals surface area contributed by atoms with Gasteiger partial charge in [0, 0.05) is 37.4 Å². The molecule has 4 heteroatoms. The molecule has 0 aromatic heterocycles. The van der Waals surface area contributed by atoms with E-state index >= 15 is 0 Å². The van der Waals surface area contributed by atoms with Crippen molar-refractivity contribution >= 4 is 11.6 Å². The summed E-state index contributed by atoms with van der Waals surface area (Å²) in [5.74, 6) is 0.202. The van der Waals surface area contributed by atoms with Crippen LogP contribution in [0.25, 0.3) is 0 Å². The van der Waals surface area contributed by atoms with E-state index in [4.69, 9.17) is 0 Å². The van der Waals surface area contributed by atoms with E-state index in [0.717, 1.165) is 26.2 Å². The molecule has 1 N–H and O–H groups in total. The average Bonchev–Trinajstić information content (AvgIpc) is 2.45. The molecular formula is C16H25N3O. The molecule has 0 spiro atoms. The van der Waals surface area contributed by atoms with E-state index < -0.39 is 0 Å². The second kappa shape index (κ2) is 6.27.